The number of carbonyl (C=O) groups excluding carboxylic acids is 1. The molecule has 170 valence electrons. The minimum atomic E-state index is -0.301. The average Bonchev–Trinajstić information content (AvgIpc) is 3.15. The van der Waals surface area contributed by atoms with Crippen molar-refractivity contribution in [1.29, 1.82) is 0 Å². The van der Waals surface area contributed by atoms with E-state index in [4.69, 9.17) is 0 Å². The van der Waals surface area contributed by atoms with E-state index in [-0.39, 0.29) is 16.3 Å². The second-order valence-corrected chi connectivity index (χ2v) is 10.8. The minimum Gasteiger partial charge on any atom is -0.303 e. The molecule has 0 N–H and O–H groups in total. The van der Waals surface area contributed by atoms with Crippen LogP contribution in [-0.2, 0) is 4.75 Å². The first-order valence-electron chi connectivity index (χ1n) is 11.9. The summed E-state index contributed by atoms with van der Waals surface area (Å²) in [6.07, 6.45) is 3.64. The van der Waals surface area contributed by atoms with Gasteiger partial charge in [-0.1, -0.05) is 48.5 Å². The van der Waals surface area contributed by atoms with Crippen LogP contribution >= 0.6 is 11.8 Å². The van der Waals surface area contributed by atoms with E-state index in [1.165, 1.54) is 34.4 Å². The zero-order valence-corrected chi connectivity index (χ0v) is 19.9. The van der Waals surface area contributed by atoms with Crippen LogP contribution in [0.5, 0.6) is 0 Å². The zero-order valence-electron chi connectivity index (χ0n) is 19.1. The molecular weight excluding hydrogens is 429 g/mol. The molecule has 33 heavy (non-hydrogen) atoms. The Kier molecular flexibility index (Phi) is 6.40. The van der Waals surface area contributed by atoms with Gasteiger partial charge < -0.3 is 4.90 Å². The zero-order chi connectivity index (χ0) is 22.8. The number of Topliss-reactive ketones (excluding diaryl/α,β-unsaturated/α-hetero) is 1. The monoisotopic (exact) mass is 459 g/mol. The minimum absolute atomic E-state index is 0.102. The van der Waals surface area contributed by atoms with Gasteiger partial charge in [0.2, 0.25) is 0 Å². The van der Waals surface area contributed by atoms with Crippen molar-refractivity contribution in [2.75, 3.05) is 19.6 Å². The third kappa shape index (κ3) is 4.51. The Labute approximate surface area is 200 Å². The van der Waals surface area contributed by atoms with Crippen molar-refractivity contribution in [3.8, 4) is 0 Å². The molecule has 0 aromatic heterocycles. The highest BCUT2D eigenvalue weighted by molar-refractivity contribution is 8.01. The summed E-state index contributed by atoms with van der Waals surface area (Å²) in [4.78, 5) is 14.9. The lowest BCUT2D eigenvalue weighted by molar-refractivity contribution is 0.0971. The third-order valence-corrected chi connectivity index (χ3v) is 9.08. The lowest BCUT2D eigenvalue weighted by atomic mass is 9.84. The van der Waals surface area contributed by atoms with E-state index in [0.29, 0.717) is 17.2 Å². The highest BCUT2D eigenvalue weighted by atomic mass is 32.2. The van der Waals surface area contributed by atoms with Crippen molar-refractivity contribution in [3.05, 3.63) is 106 Å². The number of ketones is 1. The van der Waals surface area contributed by atoms with Gasteiger partial charge >= 0.3 is 0 Å². The molecule has 0 amide bonds. The standard InChI is InChI=1S/C29H30FNOS/c1-21-7-2-3-8-24(21)28-25-9-4-5-10-26(25)29(33-28)16-19-31(20-17-29)18-6-11-27(32)22-12-14-23(30)15-13-22/h2-5,7-10,12-15,28H,6,11,16-20H2,1H3. The van der Waals surface area contributed by atoms with E-state index >= 15 is 0 Å². The molecule has 0 saturated carbocycles. The average molecular weight is 460 g/mol. The first-order chi connectivity index (χ1) is 16.1. The van der Waals surface area contributed by atoms with Crippen molar-refractivity contribution >= 4 is 17.5 Å². The van der Waals surface area contributed by atoms with Crippen LogP contribution in [0.4, 0.5) is 4.39 Å². The van der Waals surface area contributed by atoms with Gasteiger partial charge in [-0.05, 0) is 92.3 Å². The number of hydrogen-bond donors (Lipinski definition) is 0. The van der Waals surface area contributed by atoms with E-state index in [1.807, 2.05) is 0 Å². The predicted molar refractivity (Wildman–Crippen MR) is 134 cm³/mol. The summed E-state index contributed by atoms with van der Waals surface area (Å²) in [5.74, 6) is -0.199. The van der Waals surface area contributed by atoms with Crippen molar-refractivity contribution in [2.24, 2.45) is 0 Å². The number of hydrogen-bond acceptors (Lipinski definition) is 3. The molecule has 2 aliphatic rings. The molecule has 2 nitrogen and oxygen atoms in total. The molecule has 0 aliphatic carbocycles. The molecule has 1 fully saturated rings. The van der Waals surface area contributed by atoms with Gasteiger partial charge in [-0.25, -0.2) is 4.39 Å². The molecule has 1 unspecified atom stereocenters. The van der Waals surface area contributed by atoms with Crippen LogP contribution in [-0.4, -0.2) is 30.3 Å². The summed E-state index contributed by atoms with van der Waals surface area (Å²) in [5.41, 5.74) is 6.42. The topological polar surface area (TPSA) is 20.3 Å². The van der Waals surface area contributed by atoms with Gasteiger partial charge in [0.05, 0.1) is 5.25 Å². The molecule has 4 heteroatoms. The van der Waals surface area contributed by atoms with Gasteiger partial charge in [-0.3, -0.25) is 4.79 Å². The highest BCUT2D eigenvalue weighted by Crippen LogP contribution is 2.61. The summed E-state index contributed by atoms with van der Waals surface area (Å²) in [6, 6.07) is 23.7. The molecule has 1 saturated heterocycles. The van der Waals surface area contributed by atoms with Gasteiger partial charge in [0, 0.05) is 16.7 Å². The summed E-state index contributed by atoms with van der Waals surface area (Å²) < 4.78 is 13.3. The highest BCUT2D eigenvalue weighted by Gasteiger charge is 2.46. The number of likely N-dealkylation sites (tertiary alicyclic amines) is 1. The van der Waals surface area contributed by atoms with Crippen LogP contribution in [0.2, 0.25) is 0 Å². The van der Waals surface area contributed by atoms with Gasteiger partial charge in [-0.2, -0.15) is 0 Å². The number of benzene rings is 3. The molecule has 3 aromatic rings. The molecule has 1 atom stereocenters. The molecule has 5 rings (SSSR count). The summed E-state index contributed by atoms with van der Waals surface area (Å²) >= 11 is 2.15. The Balaban J connectivity index is 1.21. The second-order valence-electron chi connectivity index (χ2n) is 9.31. The first-order valence-corrected chi connectivity index (χ1v) is 12.8. The molecule has 2 aliphatic heterocycles. The number of fused-ring (bicyclic) bond motifs is 2. The number of rotatable bonds is 6. The fourth-order valence-electron chi connectivity index (χ4n) is 5.37. The van der Waals surface area contributed by atoms with Crippen molar-refractivity contribution in [2.45, 2.75) is 42.6 Å². The quantitative estimate of drug-likeness (QED) is 0.373. The van der Waals surface area contributed by atoms with Gasteiger partial charge in [-0.15, -0.1) is 11.8 Å². The smallest absolute Gasteiger partial charge is 0.162 e. The number of carbonyl (C=O) groups is 1. The van der Waals surface area contributed by atoms with Gasteiger partial charge in [0.25, 0.3) is 0 Å². The molecule has 2 heterocycles. The second kappa shape index (κ2) is 9.44. The maximum absolute atomic E-state index is 13.1. The fraction of sp³-hybridized carbons (Fsp3) is 0.345. The first kappa shape index (κ1) is 22.4. The Morgan fingerprint density at radius 2 is 1.64 bits per heavy atom. The van der Waals surface area contributed by atoms with E-state index in [0.717, 1.165) is 38.9 Å². The Hall–Kier alpha value is -2.43. The maximum Gasteiger partial charge on any atom is 0.162 e. The molecule has 0 bridgehead atoms. The lowest BCUT2D eigenvalue weighted by Gasteiger charge is -2.40. The molecule has 3 aromatic carbocycles. The largest absolute Gasteiger partial charge is 0.303 e. The number of piperidine rings is 1. The van der Waals surface area contributed by atoms with Crippen LogP contribution in [0.3, 0.4) is 0 Å². The molecular formula is C29H30FNOS. The lowest BCUT2D eigenvalue weighted by Crippen LogP contribution is -2.40. The fourth-order valence-corrected chi connectivity index (χ4v) is 7.28. The Morgan fingerprint density at radius 1 is 0.970 bits per heavy atom. The number of thioether (sulfide) groups is 1. The van der Waals surface area contributed by atoms with Crippen LogP contribution in [0, 0.1) is 12.7 Å². The number of aryl methyl sites for hydroxylation is 1. The molecule has 0 radical (unpaired) electrons. The number of nitrogens with zero attached hydrogens (tertiary/aromatic N) is 1. The van der Waals surface area contributed by atoms with E-state index < -0.39 is 0 Å². The maximum atomic E-state index is 13.1. The van der Waals surface area contributed by atoms with E-state index in [2.05, 4.69) is 72.1 Å². The van der Waals surface area contributed by atoms with Crippen LogP contribution in [0.25, 0.3) is 0 Å². The third-order valence-electron chi connectivity index (χ3n) is 7.26. The van der Waals surface area contributed by atoms with E-state index in [1.54, 1.807) is 12.1 Å². The summed E-state index contributed by atoms with van der Waals surface area (Å²) in [6.45, 7) is 5.29. The normalized spacial score (nSPS) is 19.5. The Bertz CT molecular complexity index is 1130. The van der Waals surface area contributed by atoms with Gasteiger partial charge in [0.15, 0.2) is 5.78 Å². The molecule has 1 spiro atoms. The summed E-state index contributed by atoms with van der Waals surface area (Å²) in [5, 5.41) is 0.405. The van der Waals surface area contributed by atoms with Crippen LogP contribution in [0.15, 0.2) is 72.8 Å². The SMILES string of the molecule is Cc1ccccc1C1SC2(CCN(CCCC(=O)c3ccc(F)cc3)CC2)c2ccccc21. The Morgan fingerprint density at radius 3 is 2.36 bits per heavy atom. The van der Waals surface area contributed by atoms with Crippen LogP contribution < -0.4 is 0 Å². The van der Waals surface area contributed by atoms with Crippen molar-refractivity contribution < 1.29 is 9.18 Å². The van der Waals surface area contributed by atoms with Gasteiger partial charge in [0.1, 0.15) is 5.82 Å². The van der Waals surface area contributed by atoms with E-state index in [9.17, 15) is 9.18 Å². The van der Waals surface area contributed by atoms with Crippen LogP contribution in [0.1, 0.15) is 63.5 Å². The number of halogens is 1. The predicted octanol–water partition coefficient (Wildman–Crippen LogP) is 6.92. The van der Waals surface area contributed by atoms with Crippen molar-refractivity contribution in [3.63, 3.8) is 0 Å². The summed E-state index contributed by atoms with van der Waals surface area (Å²) in [7, 11) is 0. The van der Waals surface area contributed by atoms with Crippen molar-refractivity contribution in [1.82, 2.24) is 4.90 Å².